The largest absolute Gasteiger partial charge is 0.365 e. The van der Waals surface area contributed by atoms with Crippen LogP contribution in [0.2, 0.25) is 0 Å². The highest BCUT2D eigenvalue weighted by molar-refractivity contribution is 5.81. The van der Waals surface area contributed by atoms with Crippen molar-refractivity contribution in [2.45, 2.75) is 25.3 Å². The fourth-order valence-electron chi connectivity index (χ4n) is 3.39. The van der Waals surface area contributed by atoms with E-state index < -0.39 is 0 Å². The second-order valence-electron chi connectivity index (χ2n) is 6.30. The van der Waals surface area contributed by atoms with Crippen molar-refractivity contribution in [2.75, 3.05) is 25.5 Å². The molecule has 0 saturated carbocycles. The zero-order valence-corrected chi connectivity index (χ0v) is 13.9. The Bertz CT molecular complexity index is 668. The summed E-state index contributed by atoms with van der Waals surface area (Å²) in [4.78, 5) is 16.7. The van der Waals surface area contributed by atoms with Gasteiger partial charge in [0, 0.05) is 19.8 Å². The van der Waals surface area contributed by atoms with E-state index in [0.717, 1.165) is 24.9 Å². The topological polar surface area (TPSA) is 23.6 Å². The number of nitrogens with zero attached hydrogens (tertiary/aromatic N) is 2. The van der Waals surface area contributed by atoms with Crippen molar-refractivity contribution in [3.63, 3.8) is 0 Å². The molecule has 0 N–H and O–H groups in total. The second-order valence-corrected chi connectivity index (χ2v) is 6.30. The number of hydrogen-bond donors (Lipinski definition) is 0. The smallest absolute Gasteiger partial charge is 0.242 e. The third kappa shape index (κ3) is 3.39. The van der Waals surface area contributed by atoms with Gasteiger partial charge in [0.15, 0.2) is 0 Å². The van der Waals surface area contributed by atoms with Crippen LogP contribution in [0.15, 0.2) is 54.6 Å². The van der Waals surface area contributed by atoms with Crippen molar-refractivity contribution in [1.29, 1.82) is 0 Å². The summed E-state index contributed by atoms with van der Waals surface area (Å²) in [6.45, 7) is 0.402. The number of para-hydroxylation sites is 1. The number of carbonyl (C=O) groups is 1. The summed E-state index contributed by atoms with van der Waals surface area (Å²) in [7, 11) is 3.91. The van der Waals surface area contributed by atoms with Crippen LogP contribution in [0, 0.1) is 0 Å². The molecule has 0 spiro atoms. The zero-order chi connectivity index (χ0) is 16.2. The van der Waals surface area contributed by atoms with E-state index in [0.29, 0.717) is 6.54 Å². The molecular formula is C20H24N2O. The van der Waals surface area contributed by atoms with E-state index in [9.17, 15) is 4.79 Å². The minimum atomic E-state index is 0.165. The Morgan fingerprint density at radius 1 is 1.04 bits per heavy atom. The first-order chi connectivity index (χ1) is 11.2. The van der Waals surface area contributed by atoms with E-state index in [4.69, 9.17) is 0 Å². The van der Waals surface area contributed by atoms with Crippen LogP contribution in [0.3, 0.4) is 0 Å². The van der Waals surface area contributed by atoms with Crippen molar-refractivity contribution < 1.29 is 4.79 Å². The van der Waals surface area contributed by atoms with Crippen molar-refractivity contribution in [3.8, 4) is 0 Å². The molecule has 0 saturated heterocycles. The molecule has 2 aromatic carbocycles. The molecule has 0 aromatic heterocycles. The average Bonchev–Trinajstić information content (AvgIpc) is 2.61. The summed E-state index contributed by atoms with van der Waals surface area (Å²) in [6.07, 6.45) is 3.32. The van der Waals surface area contributed by atoms with Gasteiger partial charge < -0.3 is 9.80 Å². The van der Waals surface area contributed by atoms with Crippen LogP contribution in [0.25, 0.3) is 0 Å². The van der Waals surface area contributed by atoms with Crippen molar-refractivity contribution in [2.24, 2.45) is 0 Å². The van der Waals surface area contributed by atoms with Crippen molar-refractivity contribution in [1.82, 2.24) is 4.90 Å². The third-order valence-corrected chi connectivity index (χ3v) is 4.77. The molecule has 0 heterocycles. The molecule has 1 amide bonds. The molecule has 0 fully saturated rings. The van der Waals surface area contributed by atoms with E-state index in [2.05, 4.69) is 24.3 Å². The Morgan fingerprint density at radius 2 is 1.74 bits per heavy atom. The van der Waals surface area contributed by atoms with Gasteiger partial charge in [0.1, 0.15) is 0 Å². The maximum atomic E-state index is 12.7. The van der Waals surface area contributed by atoms with Crippen LogP contribution in [0.4, 0.5) is 5.69 Å². The predicted molar refractivity (Wildman–Crippen MR) is 94.6 cm³/mol. The van der Waals surface area contributed by atoms with Crippen molar-refractivity contribution in [3.05, 3.63) is 65.7 Å². The lowest BCUT2D eigenvalue weighted by molar-refractivity contribution is -0.130. The van der Waals surface area contributed by atoms with Gasteiger partial charge >= 0.3 is 0 Å². The number of rotatable bonds is 4. The summed E-state index contributed by atoms with van der Waals surface area (Å²) < 4.78 is 0. The van der Waals surface area contributed by atoms with Gasteiger partial charge in [0.2, 0.25) is 5.91 Å². The second kappa shape index (κ2) is 6.86. The number of likely N-dealkylation sites (N-methyl/N-ethyl adjacent to an activating group) is 2. The molecule has 0 bridgehead atoms. The Hall–Kier alpha value is -2.29. The van der Waals surface area contributed by atoms with Crippen LogP contribution in [0.5, 0.6) is 0 Å². The Balaban J connectivity index is 1.71. The summed E-state index contributed by atoms with van der Waals surface area (Å²) >= 11 is 0. The standard InChI is InChI=1S/C20H24N2O/c1-21(17-11-4-3-5-12-17)15-20(23)22(2)19-14-8-10-16-9-6-7-13-18(16)19/h3-7,9,11-13,19H,8,10,14-15H2,1-2H3. The van der Waals surface area contributed by atoms with E-state index in [1.807, 2.05) is 54.2 Å². The molecule has 1 atom stereocenters. The maximum Gasteiger partial charge on any atom is 0.242 e. The lowest BCUT2D eigenvalue weighted by Crippen LogP contribution is -2.39. The van der Waals surface area contributed by atoms with E-state index in [-0.39, 0.29) is 11.9 Å². The Kier molecular flexibility index (Phi) is 4.65. The molecule has 1 unspecified atom stereocenters. The number of fused-ring (bicyclic) bond motifs is 1. The normalized spacial score (nSPS) is 16.5. The van der Waals surface area contributed by atoms with Crippen LogP contribution >= 0.6 is 0 Å². The molecule has 120 valence electrons. The number of anilines is 1. The number of amides is 1. The molecule has 23 heavy (non-hydrogen) atoms. The molecule has 3 heteroatoms. The maximum absolute atomic E-state index is 12.7. The van der Waals surface area contributed by atoms with Crippen LogP contribution in [0.1, 0.15) is 30.0 Å². The van der Waals surface area contributed by atoms with Gasteiger partial charge in [-0.2, -0.15) is 0 Å². The number of aryl methyl sites for hydroxylation is 1. The molecule has 3 rings (SSSR count). The number of hydrogen-bond acceptors (Lipinski definition) is 2. The fourth-order valence-corrected chi connectivity index (χ4v) is 3.39. The highest BCUT2D eigenvalue weighted by Gasteiger charge is 2.26. The van der Waals surface area contributed by atoms with Crippen molar-refractivity contribution >= 4 is 11.6 Å². The molecule has 0 radical (unpaired) electrons. The Morgan fingerprint density at radius 3 is 2.52 bits per heavy atom. The first-order valence-electron chi connectivity index (χ1n) is 8.26. The predicted octanol–water partition coefficient (Wildman–Crippen LogP) is 3.66. The van der Waals surface area contributed by atoms with Gasteiger partial charge in [-0.05, 0) is 42.5 Å². The van der Waals surface area contributed by atoms with Gasteiger partial charge in [-0.25, -0.2) is 0 Å². The monoisotopic (exact) mass is 308 g/mol. The third-order valence-electron chi connectivity index (χ3n) is 4.77. The SMILES string of the molecule is CN(CC(=O)N(C)C1CCCc2ccccc21)c1ccccc1. The van der Waals surface area contributed by atoms with Gasteiger partial charge in [-0.1, -0.05) is 42.5 Å². The first-order valence-corrected chi connectivity index (χ1v) is 8.26. The minimum Gasteiger partial charge on any atom is -0.365 e. The van der Waals surface area contributed by atoms with Crippen LogP contribution in [-0.4, -0.2) is 31.4 Å². The van der Waals surface area contributed by atoms with Gasteiger partial charge in [-0.3, -0.25) is 4.79 Å². The fraction of sp³-hybridized carbons (Fsp3) is 0.350. The minimum absolute atomic E-state index is 0.165. The van der Waals surface area contributed by atoms with Gasteiger partial charge in [-0.15, -0.1) is 0 Å². The highest BCUT2D eigenvalue weighted by Crippen LogP contribution is 2.33. The first kappa shape index (κ1) is 15.6. The van der Waals surface area contributed by atoms with E-state index >= 15 is 0 Å². The molecule has 1 aliphatic carbocycles. The Labute approximate surface area is 138 Å². The number of benzene rings is 2. The zero-order valence-electron chi connectivity index (χ0n) is 13.9. The summed E-state index contributed by atoms with van der Waals surface area (Å²) in [5.74, 6) is 0.165. The molecule has 2 aromatic rings. The van der Waals surface area contributed by atoms with Crippen LogP contribution in [-0.2, 0) is 11.2 Å². The molecular weight excluding hydrogens is 284 g/mol. The summed E-state index contributed by atoms with van der Waals surface area (Å²) in [5, 5.41) is 0. The molecule has 3 nitrogen and oxygen atoms in total. The van der Waals surface area contributed by atoms with Gasteiger partial charge in [0.05, 0.1) is 12.6 Å². The van der Waals surface area contributed by atoms with E-state index in [1.165, 1.54) is 11.1 Å². The summed E-state index contributed by atoms with van der Waals surface area (Å²) in [5.41, 5.74) is 3.77. The highest BCUT2D eigenvalue weighted by atomic mass is 16.2. The molecule has 0 aliphatic heterocycles. The van der Waals surface area contributed by atoms with Gasteiger partial charge in [0.25, 0.3) is 0 Å². The quantitative estimate of drug-likeness (QED) is 0.860. The lowest BCUT2D eigenvalue weighted by Gasteiger charge is -2.34. The summed E-state index contributed by atoms with van der Waals surface area (Å²) in [6, 6.07) is 18.8. The molecule has 1 aliphatic rings. The van der Waals surface area contributed by atoms with Crippen LogP contribution < -0.4 is 4.90 Å². The average molecular weight is 308 g/mol. The van der Waals surface area contributed by atoms with E-state index in [1.54, 1.807) is 0 Å². The lowest BCUT2D eigenvalue weighted by atomic mass is 9.87. The number of carbonyl (C=O) groups excluding carboxylic acids is 1.